The summed E-state index contributed by atoms with van der Waals surface area (Å²) in [5.74, 6) is 0. The molecule has 0 heterocycles. The van der Waals surface area contributed by atoms with Gasteiger partial charge in [-0.1, -0.05) is 84.0 Å². The Morgan fingerprint density at radius 3 is 1.50 bits per heavy atom. The van der Waals surface area contributed by atoms with Crippen LogP contribution in [0.15, 0.2) is 0 Å². The van der Waals surface area contributed by atoms with Crippen molar-refractivity contribution >= 4 is 0 Å². The van der Waals surface area contributed by atoms with Gasteiger partial charge in [0, 0.05) is 12.6 Å². The predicted octanol–water partition coefficient (Wildman–Crippen LogP) is 5.18. The summed E-state index contributed by atoms with van der Waals surface area (Å²) in [5.41, 5.74) is 6.17. The molecule has 0 fully saturated rings. The maximum absolute atomic E-state index is 8.69. The van der Waals surface area contributed by atoms with Crippen LogP contribution in [-0.2, 0) is 0 Å². The first kappa shape index (κ1) is 19.9. The highest BCUT2D eigenvalue weighted by molar-refractivity contribution is 4.62. The van der Waals surface area contributed by atoms with Gasteiger partial charge in [-0.3, -0.25) is 0 Å². The SMILES string of the molecule is CCCCCCCCCC(N)CCCCCCCCO. The van der Waals surface area contributed by atoms with Crippen molar-refractivity contribution in [2.75, 3.05) is 6.61 Å². The molecule has 1 atom stereocenters. The minimum absolute atomic E-state index is 0.351. The number of rotatable bonds is 16. The van der Waals surface area contributed by atoms with Gasteiger partial charge >= 0.3 is 0 Å². The van der Waals surface area contributed by atoms with Crippen molar-refractivity contribution in [2.24, 2.45) is 5.73 Å². The Kier molecular flexibility index (Phi) is 16.9. The molecular weight excluding hydrogens is 246 g/mol. The Balaban J connectivity index is 3.11. The Morgan fingerprint density at radius 1 is 0.650 bits per heavy atom. The molecule has 3 N–H and O–H groups in total. The third-order valence-corrected chi connectivity index (χ3v) is 4.16. The minimum atomic E-state index is 0.351. The summed E-state index contributed by atoms with van der Waals surface area (Å²) < 4.78 is 0. The van der Waals surface area contributed by atoms with Crippen LogP contribution in [0.3, 0.4) is 0 Å². The highest BCUT2D eigenvalue weighted by Crippen LogP contribution is 2.13. The quantitative estimate of drug-likeness (QED) is 0.384. The summed E-state index contributed by atoms with van der Waals surface area (Å²) in [6, 6.07) is 0.433. The lowest BCUT2D eigenvalue weighted by atomic mass is 10.0. The third-order valence-electron chi connectivity index (χ3n) is 4.16. The van der Waals surface area contributed by atoms with E-state index in [0.717, 1.165) is 6.42 Å². The molecule has 122 valence electrons. The van der Waals surface area contributed by atoms with Crippen LogP contribution in [0.4, 0.5) is 0 Å². The summed E-state index contributed by atoms with van der Waals surface area (Å²) in [7, 11) is 0. The highest BCUT2D eigenvalue weighted by Gasteiger charge is 2.02. The van der Waals surface area contributed by atoms with Crippen LogP contribution in [0.25, 0.3) is 0 Å². The van der Waals surface area contributed by atoms with Gasteiger partial charge in [0.05, 0.1) is 0 Å². The first-order valence-electron chi connectivity index (χ1n) is 9.17. The zero-order valence-electron chi connectivity index (χ0n) is 13.9. The Hall–Kier alpha value is -0.0800. The second-order valence-corrected chi connectivity index (χ2v) is 6.30. The predicted molar refractivity (Wildman–Crippen MR) is 90.0 cm³/mol. The number of hydrogen-bond donors (Lipinski definition) is 2. The van der Waals surface area contributed by atoms with Crippen LogP contribution in [0.5, 0.6) is 0 Å². The average molecular weight is 286 g/mol. The van der Waals surface area contributed by atoms with Gasteiger partial charge in [-0.15, -0.1) is 0 Å². The van der Waals surface area contributed by atoms with E-state index in [-0.39, 0.29) is 0 Å². The molecule has 0 rings (SSSR count). The van der Waals surface area contributed by atoms with E-state index in [1.807, 2.05) is 0 Å². The zero-order valence-corrected chi connectivity index (χ0v) is 13.9. The average Bonchev–Trinajstić information content (AvgIpc) is 2.45. The van der Waals surface area contributed by atoms with Gasteiger partial charge in [0.15, 0.2) is 0 Å². The van der Waals surface area contributed by atoms with Crippen LogP contribution in [-0.4, -0.2) is 17.8 Å². The van der Waals surface area contributed by atoms with Crippen LogP contribution in [0.1, 0.15) is 103 Å². The van der Waals surface area contributed by atoms with Crippen LogP contribution < -0.4 is 5.73 Å². The standard InChI is InChI=1S/C18H39NO/c1-2-3-4-5-6-9-12-15-18(19)16-13-10-7-8-11-14-17-20/h18,20H,2-17,19H2,1H3. The number of unbranched alkanes of at least 4 members (excludes halogenated alkanes) is 11. The molecule has 0 saturated carbocycles. The Bertz CT molecular complexity index is 155. The van der Waals surface area contributed by atoms with Crippen molar-refractivity contribution in [1.82, 2.24) is 0 Å². The smallest absolute Gasteiger partial charge is 0.0431 e. The molecule has 0 saturated heterocycles. The van der Waals surface area contributed by atoms with Gasteiger partial charge in [0.1, 0.15) is 0 Å². The minimum Gasteiger partial charge on any atom is -0.396 e. The second-order valence-electron chi connectivity index (χ2n) is 6.30. The van der Waals surface area contributed by atoms with E-state index < -0.39 is 0 Å². The second kappa shape index (κ2) is 17.0. The lowest BCUT2D eigenvalue weighted by Crippen LogP contribution is -2.19. The monoisotopic (exact) mass is 285 g/mol. The molecule has 0 bridgehead atoms. The molecule has 0 aromatic heterocycles. The number of hydrogen-bond acceptors (Lipinski definition) is 2. The van der Waals surface area contributed by atoms with Gasteiger partial charge in [-0.25, -0.2) is 0 Å². The van der Waals surface area contributed by atoms with E-state index in [9.17, 15) is 0 Å². The lowest BCUT2D eigenvalue weighted by molar-refractivity contribution is 0.282. The van der Waals surface area contributed by atoms with Crippen molar-refractivity contribution in [3.63, 3.8) is 0 Å². The third kappa shape index (κ3) is 16.0. The molecule has 0 amide bonds. The molecule has 2 heteroatoms. The van der Waals surface area contributed by atoms with Crippen molar-refractivity contribution in [3.05, 3.63) is 0 Å². The molecule has 1 unspecified atom stereocenters. The molecule has 0 aromatic carbocycles. The van der Waals surface area contributed by atoms with E-state index in [0.29, 0.717) is 12.6 Å². The largest absolute Gasteiger partial charge is 0.396 e. The van der Waals surface area contributed by atoms with Gasteiger partial charge in [-0.05, 0) is 19.3 Å². The van der Waals surface area contributed by atoms with Crippen LogP contribution in [0.2, 0.25) is 0 Å². The topological polar surface area (TPSA) is 46.2 Å². The molecule has 0 aromatic rings. The maximum Gasteiger partial charge on any atom is 0.0431 e. The summed E-state index contributed by atoms with van der Waals surface area (Å²) >= 11 is 0. The summed E-state index contributed by atoms with van der Waals surface area (Å²) in [6.07, 6.45) is 19.4. The summed E-state index contributed by atoms with van der Waals surface area (Å²) in [6.45, 7) is 2.62. The fourth-order valence-electron chi connectivity index (χ4n) is 2.73. The maximum atomic E-state index is 8.69. The van der Waals surface area contributed by atoms with Gasteiger partial charge < -0.3 is 10.8 Å². The van der Waals surface area contributed by atoms with E-state index in [2.05, 4.69) is 6.92 Å². The fraction of sp³-hybridized carbons (Fsp3) is 1.00. The van der Waals surface area contributed by atoms with Gasteiger partial charge in [0.2, 0.25) is 0 Å². The van der Waals surface area contributed by atoms with Crippen molar-refractivity contribution in [1.29, 1.82) is 0 Å². The Labute approximate surface area is 127 Å². The van der Waals surface area contributed by atoms with Crippen molar-refractivity contribution < 1.29 is 5.11 Å². The number of nitrogens with two attached hydrogens (primary N) is 1. The first-order chi connectivity index (χ1) is 9.81. The first-order valence-corrected chi connectivity index (χ1v) is 9.17. The molecular formula is C18H39NO. The van der Waals surface area contributed by atoms with E-state index in [1.54, 1.807) is 0 Å². The Morgan fingerprint density at radius 2 is 1.05 bits per heavy atom. The molecule has 0 aliphatic heterocycles. The van der Waals surface area contributed by atoms with Crippen molar-refractivity contribution in [3.8, 4) is 0 Å². The number of aliphatic hydroxyl groups excluding tert-OH is 1. The van der Waals surface area contributed by atoms with E-state index in [4.69, 9.17) is 10.8 Å². The molecule has 0 aliphatic rings. The van der Waals surface area contributed by atoms with Gasteiger partial charge in [0.25, 0.3) is 0 Å². The zero-order chi connectivity index (χ0) is 14.9. The molecule has 0 aliphatic carbocycles. The molecule has 20 heavy (non-hydrogen) atoms. The van der Waals surface area contributed by atoms with Crippen LogP contribution >= 0.6 is 0 Å². The molecule has 2 nitrogen and oxygen atoms in total. The van der Waals surface area contributed by atoms with Crippen molar-refractivity contribution in [2.45, 2.75) is 109 Å². The molecule has 0 radical (unpaired) electrons. The number of aliphatic hydroxyl groups is 1. The van der Waals surface area contributed by atoms with E-state index in [1.165, 1.54) is 89.9 Å². The molecule has 0 spiro atoms. The lowest BCUT2D eigenvalue weighted by Gasteiger charge is -2.11. The fourth-order valence-corrected chi connectivity index (χ4v) is 2.73. The summed E-state index contributed by atoms with van der Waals surface area (Å²) in [5, 5.41) is 8.69. The van der Waals surface area contributed by atoms with E-state index >= 15 is 0 Å². The highest BCUT2D eigenvalue weighted by atomic mass is 16.2. The summed E-state index contributed by atoms with van der Waals surface area (Å²) in [4.78, 5) is 0. The van der Waals surface area contributed by atoms with Gasteiger partial charge in [-0.2, -0.15) is 0 Å². The normalized spacial score (nSPS) is 12.8. The van der Waals surface area contributed by atoms with Crippen LogP contribution in [0, 0.1) is 0 Å².